The molecule has 0 aliphatic rings. The van der Waals surface area contributed by atoms with E-state index in [4.69, 9.17) is 5.73 Å². The van der Waals surface area contributed by atoms with Crippen LogP contribution in [0.15, 0.2) is 30.5 Å². The van der Waals surface area contributed by atoms with Crippen molar-refractivity contribution in [2.75, 3.05) is 0 Å². The summed E-state index contributed by atoms with van der Waals surface area (Å²) in [4.78, 5) is 3.96. The van der Waals surface area contributed by atoms with E-state index in [1.54, 1.807) is 12.3 Å². The van der Waals surface area contributed by atoms with Crippen LogP contribution in [-0.4, -0.2) is 4.98 Å². The molecule has 2 rings (SSSR count). The second-order valence-electron chi connectivity index (χ2n) is 2.81. The third-order valence-corrected chi connectivity index (χ3v) is 2.03. The van der Waals surface area contributed by atoms with Crippen LogP contribution in [0.25, 0.3) is 10.9 Å². The van der Waals surface area contributed by atoms with Crippen LogP contribution in [-0.2, 0) is 6.54 Å². The largest absolute Gasteiger partial charge is 0.326 e. The molecule has 0 aliphatic heterocycles. The maximum Gasteiger partial charge on any atom is 0.149 e. The minimum absolute atomic E-state index is 0.298. The number of pyridine rings is 1. The topological polar surface area (TPSA) is 38.9 Å². The van der Waals surface area contributed by atoms with Gasteiger partial charge in [0.15, 0.2) is 0 Å². The van der Waals surface area contributed by atoms with E-state index in [-0.39, 0.29) is 5.82 Å². The van der Waals surface area contributed by atoms with Gasteiger partial charge in [-0.1, -0.05) is 12.1 Å². The molecular formula is C10H9FN2. The van der Waals surface area contributed by atoms with E-state index in [0.717, 1.165) is 10.9 Å². The van der Waals surface area contributed by atoms with E-state index < -0.39 is 0 Å². The number of aromatic nitrogens is 1. The molecule has 2 aromatic rings. The van der Waals surface area contributed by atoms with Gasteiger partial charge in [0, 0.05) is 18.1 Å². The van der Waals surface area contributed by atoms with Crippen LogP contribution in [0.1, 0.15) is 5.56 Å². The quantitative estimate of drug-likeness (QED) is 0.720. The molecule has 0 fully saturated rings. The van der Waals surface area contributed by atoms with Crippen molar-refractivity contribution in [3.63, 3.8) is 0 Å². The fraction of sp³-hybridized carbons (Fsp3) is 0.100. The number of rotatable bonds is 1. The van der Waals surface area contributed by atoms with Crippen LogP contribution < -0.4 is 5.73 Å². The molecule has 0 radical (unpaired) electrons. The predicted octanol–water partition coefficient (Wildman–Crippen LogP) is 1.83. The van der Waals surface area contributed by atoms with E-state index in [9.17, 15) is 4.39 Å². The number of fused-ring (bicyclic) bond motifs is 1. The number of halogens is 1. The third-order valence-electron chi connectivity index (χ3n) is 2.03. The maximum absolute atomic E-state index is 13.2. The van der Waals surface area contributed by atoms with Gasteiger partial charge in [0.25, 0.3) is 0 Å². The number of hydrogen-bond acceptors (Lipinski definition) is 2. The van der Waals surface area contributed by atoms with E-state index in [1.165, 1.54) is 6.07 Å². The lowest BCUT2D eigenvalue weighted by atomic mass is 10.1. The highest BCUT2D eigenvalue weighted by atomic mass is 19.1. The van der Waals surface area contributed by atoms with Crippen molar-refractivity contribution >= 4 is 10.9 Å². The molecular weight excluding hydrogens is 167 g/mol. The van der Waals surface area contributed by atoms with Crippen LogP contribution in [0, 0.1) is 5.82 Å². The number of nitrogens with two attached hydrogens (primary N) is 1. The molecule has 13 heavy (non-hydrogen) atoms. The highest BCUT2D eigenvalue weighted by Gasteiger charge is 2.03. The van der Waals surface area contributed by atoms with Gasteiger partial charge in [0.2, 0.25) is 0 Å². The number of hydrogen-bond donors (Lipinski definition) is 1. The van der Waals surface area contributed by atoms with Gasteiger partial charge in [-0.3, -0.25) is 4.98 Å². The van der Waals surface area contributed by atoms with E-state index >= 15 is 0 Å². The normalized spacial score (nSPS) is 10.6. The Hall–Kier alpha value is -1.48. The Labute approximate surface area is 75.2 Å². The zero-order chi connectivity index (χ0) is 9.26. The Balaban J connectivity index is 2.84. The smallest absolute Gasteiger partial charge is 0.149 e. The first kappa shape index (κ1) is 8.13. The molecule has 0 spiro atoms. The van der Waals surface area contributed by atoms with Gasteiger partial charge < -0.3 is 5.73 Å². The van der Waals surface area contributed by atoms with E-state index in [2.05, 4.69) is 4.98 Å². The van der Waals surface area contributed by atoms with Crippen molar-refractivity contribution in [3.8, 4) is 0 Å². The molecule has 1 aromatic heterocycles. The molecule has 2 nitrogen and oxygen atoms in total. The molecule has 66 valence electrons. The second-order valence-corrected chi connectivity index (χ2v) is 2.81. The van der Waals surface area contributed by atoms with Crippen molar-refractivity contribution in [1.29, 1.82) is 0 Å². The van der Waals surface area contributed by atoms with Gasteiger partial charge in [0.1, 0.15) is 11.3 Å². The molecule has 0 unspecified atom stereocenters. The standard InChI is InChI=1S/C10H9FN2/c11-9-3-1-2-8-7(6-12)4-5-13-10(8)9/h1-5H,6,12H2. The van der Waals surface area contributed by atoms with Crippen LogP contribution in [0.4, 0.5) is 4.39 Å². The van der Waals surface area contributed by atoms with Crippen molar-refractivity contribution < 1.29 is 4.39 Å². The van der Waals surface area contributed by atoms with Crippen LogP contribution in [0.2, 0.25) is 0 Å². The average Bonchev–Trinajstić information content (AvgIpc) is 2.18. The SMILES string of the molecule is NCc1ccnc2c(F)cccc12. The van der Waals surface area contributed by atoms with E-state index in [1.807, 2.05) is 12.1 Å². The summed E-state index contributed by atoms with van der Waals surface area (Å²) in [6.07, 6.45) is 1.58. The first-order chi connectivity index (χ1) is 6.33. The molecule has 0 saturated carbocycles. The number of para-hydroxylation sites is 1. The zero-order valence-corrected chi connectivity index (χ0v) is 7.00. The molecule has 3 heteroatoms. The predicted molar refractivity (Wildman–Crippen MR) is 49.6 cm³/mol. The molecule has 0 bridgehead atoms. The highest BCUT2D eigenvalue weighted by molar-refractivity contribution is 5.82. The molecule has 0 saturated heterocycles. The summed E-state index contributed by atoms with van der Waals surface area (Å²) in [5.74, 6) is -0.298. The number of nitrogens with zero attached hydrogens (tertiary/aromatic N) is 1. The fourth-order valence-corrected chi connectivity index (χ4v) is 1.38. The molecule has 0 atom stereocenters. The van der Waals surface area contributed by atoms with Crippen molar-refractivity contribution in [2.24, 2.45) is 5.73 Å². The van der Waals surface area contributed by atoms with E-state index in [0.29, 0.717) is 12.1 Å². The summed E-state index contributed by atoms with van der Waals surface area (Å²) in [6.45, 7) is 0.405. The third kappa shape index (κ3) is 1.27. The van der Waals surface area contributed by atoms with Gasteiger partial charge in [-0.05, 0) is 17.7 Å². The van der Waals surface area contributed by atoms with Gasteiger partial charge in [-0.25, -0.2) is 4.39 Å². The Morgan fingerprint density at radius 2 is 2.15 bits per heavy atom. The van der Waals surface area contributed by atoms with Crippen LogP contribution in [0.3, 0.4) is 0 Å². The van der Waals surface area contributed by atoms with Crippen molar-refractivity contribution in [3.05, 3.63) is 41.8 Å². The summed E-state index contributed by atoms with van der Waals surface area (Å²) in [5.41, 5.74) is 6.83. The summed E-state index contributed by atoms with van der Waals surface area (Å²) in [7, 11) is 0. The highest BCUT2D eigenvalue weighted by Crippen LogP contribution is 2.18. The number of benzene rings is 1. The monoisotopic (exact) mass is 176 g/mol. The minimum Gasteiger partial charge on any atom is -0.326 e. The Kier molecular flexibility index (Phi) is 1.94. The second kappa shape index (κ2) is 3.11. The van der Waals surface area contributed by atoms with Gasteiger partial charge in [-0.15, -0.1) is 0 Å². The van der Waals surface area contributed by atoms with Crippen molar-refractivity contribution in [2.45, 2.75) is 6.54 Å². The lowest BCUT2D eigenvalue weighted by Gasteiger charge is -2.02. The minimum atomic E-state index is -0.298. The van der Waals surface area contributed by atoms with Gasteiger partial charge in [-0.2, -0.15) is 0 Å². The van der Waals surface area contributed by atoms with Crippen LogP contribution in [0.5, 0.6) is 0 Å². The molecule has 2 N–H and O–H groups in total. The zero-order valence-electron chi connectivity index (χ0n) is 7.00. The fourth-order valence-electron chi connectivity index (χ4n) is 1.38. The molecule has 1 heterocycles. The van der Waals surface area contributed by atoms with Crippen LogP contribution >= 0.6 is 0 Å². The summed E-state index contributed by atoms with van der Waals surface area (Å²) < 4.78 is 13.2. The lowest BCUT2D eigenvalue weighted by Crippen LogP contribution is -1.98. The van der Waals surface area contributed by atoms with Crippen molar-refractivity contribution in [1.82, 2.24) is 4.98 Å². The van der Waals surface area contributed by atoms with Gasteiger partial charge in [0.05, 0.1) is 0 Å². The first-order valence-corrected chi connectivity index (χ1v) is 4.05. The van der Waals surface area contributed by atoms with Gasteiger partial charge >= 0.3 is 0 Å². The summed E-state index contributed by atoms with van der Waals surface area (Å²) >= 11 is 0. The Bertz CT molecular complexity index is 440. The lowest BCUT2D eigenvalue weighted by molar-refractivity contribution is 0.636. The first-order valence-electron chi connectivity index (χ1n) is 4.05. The average molecular weight is 176 g/mol. The summed E-state index contributed by atoms with van der Waals surface area (Å²) in [6, 6.07) is 6.70. The Morgan fingerprint density at radius 1 is 1.31 bits per heavy atom. The maximum atomic E-state index is 13.2. The molecule has 1 aromatic carbocycles. The molecule has 0 aliphatic carbocycles. The summed E-state index contributed by atoms with van der Waals surface area (Å²) in [5, 5.41) is 0.796. The Morgan fingerprint density at radius 3 is 2.92 bits per heavy atom. The molecule has 0 amide bonds.